The standard InChI is InChI=1S/C26H24FN3O3/c27-18-10-12-19(13-11-18)28-26(33)29-15-22-25(20-8-4-5-9-21(20)29)23(16-31)30(22)24(32)14-17-6-2-1-3-7-17/h1-13,22-23,25,31H,14-16H2,(H,28,33)/t22-,23-,25+/m0/s1. The molecular formula is C26H24FN3O3. The third-order valence-corrected chi connectivity index (χ3v) is 6.51. The van der Waals surface area contributed by atoms with Gasteiger partial charge in [0.05, 0.1) is 25.1 Å². The number of likely N-dealkylation sites (tertiary alicyclic amines) is 1. The quantitative estimate of drug-likeness (QED) is 0.642. The molecule has 3 aromatic carbocycles. The number of hydrogen-bond donors (Lipinski definition) is 2. The third-order valence-electron chi connectivity index (χ3n) is 6.51. The molecule has 1 fully saturated rings. The fourth-order valence-corrected chi connectivity index (χ4v) is 5.01. The third kappa shape index (κ3) is 3.85. The Hall–Kier alpha value is -3.71. The van der Waals surface area contributed by atoms with Gasteiger partial charge in [0.25, 0.3) is 0 Å². The van der Waals surface area contributed by atoms with Crippen LogP contribution in [0.25, 0.3) is 0 Å². The fraction of sp³-hybridized carbons (Fsp3) is 0.231. The van der Waals surface area contributed by atoms with Crippen LogP contribution in [-0.2, 0) is 11.2 Å². The van der Waals surface area contributed by atoms with E-state index in [1.807, 2.05) is 54.6 Å². The van der Waals surface area contributed by atoms with E-state index in [1.165, 1.54) is 24.3 Å². The first kappa shape index (κ1) is 21.2. The van der Waals surface area contributed by atoms with Gasteiger partial charge in [0, 0.05) is 23.8 Å². The van der Waals surface area contributed by atoms with Crippen molar-refractivity contribution in [2.75, 3.05) is 23.4 Å². The van der Waals surface area contributed by atoms with Gasteiger partial charge in [-0.25, -0.2) is 9.18 Å². The maximum atomic E-state index is 13.2. The van der Waals surface area contributed by atoms with Crippen LogP contribution in [0.1, 0.15) is 17.0 Å². The van der Waals surface area contributed by atoms with Crippen molar-refractivity contribution < 1.29 is 19.1 Å². The normalized spacial score (nSPS) is 21.0. The highest BCUT2D eigenvalue weighted by Gasteiger charge is 2.55. The highest BCUT2D eigenvalue weighted by Crippen LogP contribution is 2.48. The minimum absolute atomic E-state index is 0.0409. The van der Waals surface area contributed by atoms with Crippen molar-refractivity contribution in [1.29, 1.82) is 0 Å². The fourth-order valence-electron chi connectivity index (χ4n) is 5.01. The van der Waals surface area contributed by atoms with Crippen LogP contribution in [0.3, 0.4) is 0 Å². The number of halogens is 1. The second-order valence-corrected chi connectivity index (χ2v) is 8.41. The molecule has 5 rings (SSSR count). The number of aliphatic hydroxyl groups is 1. The number of hydrogen-bond acceptors (Lipinski definition) is 3. The van der Waals surface area contributed by atoms with E-state index in [2.05, 4.69) is 5.32 Å². The lowest BCUT2D eigenvalue weighted by Gasteiger charge is -2.58. The monoisotopic (exact) mass is 445 g/mol. The smallest absolute Gasteiger partial charge is 0.326 e. The Morgan fingerprint density at radius 2 is 1.67 bits per heavy atom. The van der Waals surface area contributed by atoms with Crippen LogP contribution in [0.2, 0.25) is 0 Å². The molecule has 6 nitrogen and oxygen atoms in total. The Morgan fingerprint density at radius 3 is 2.39 bits per heavy atom. The number of fused-ring (bicyclic) bond motifs is 3. The first-order chi connectivity index (χ1) is 16.1. The van der Waals surface area contributed by atoms with E-state index in [0.717, 1.165) is 16.8 Å². The molecule has 0 radical (unpaired) electrons. The van der Waals surface area contributed by atoms with Crippen molar-refractivity contribution in [1.82, 2.24) is 4.90 Å². The summed E-state index contributed by atoms with van der Waals surface area (Å²) < 4.78 is 13.2. The lowest BCUT2D eigenvalue weighted by molar-refractivity contribution is -0.149. The van der Waals surface area contributed by atoms with Crippen LogP contribution in [0.5, 0.6) is 0 Å². The van der Waals surface area contributed by atoms with E-state index >= 15 is 0 Å². The highest BCUT2D eigenvalue weighted by molar-refractivity contribution is 6.03. The second kappa shape index (κ2) is 8.67. The maximum absolute atomic E-state index is 13.2. The molecule has 2 N–H and O–H groups in total. The number of anilines is 2. The minimum atomic E-state index is -0.378. The van der Waals surface area contributed by atoms with Crippen molar-refractivity contribution in [3.8, 4) is 0 Å². The second-order valence-electron chi connectivity index (χ2n) is 8.41. The van der Waals surface area contributed by atoms with Crippen LogP contribution < -0.4 is 10.2 Å². The van der Waals surface area contributed by atoms with Gasteiger partial charge in [-0.15, -0.1) is 0 Å². The van der Waals surface area contributed by atoms with E-state index in [4.69, 9.17) is 0 Å². The van der Waals surface area contributed by atoms with Crippen molar-refractivity contribution >= 4 is 23.3 Å². The maximum Gasteiger partial charge on any atom is 0.326 e. The molecule has 2 heterocycles. The van der Waals surface area contributed by atoms with E-state index in [0.29, 0.717) is 12.2 Å². The summed E-state index contributed by atoms with van der Waals surface area (Å²) in [5, 5.41) is 12.9. The molecule has 2 aliphatic heterocycles. The van der Waals surface area contributed by atoms with Crippen molar-refractivity contribution in [3.63, 3.8) is 0 Å². The molecule has 3 amide bonds. The van der Waals surface area contributed by atoms with E-state index in [-0.39, 0.29) is 48.8 Å². The van der Waals surface area contributed by atoms with Crippen molar-refractivity contribution in [2.24, 2.45) is 0 Å². The summed E-state index contributed by atoms with van der Waals surface area (Å²) >= 11 is 0. The summed E-state index contributed by atoms with van der Waals surface area (Å²) in [5.41, 5.74) is 3.09. The van der Waals surface area contributed by atoms with Gasteiger partial charge in [-0.3, -0.25) is 9.69 Å². The zero-order valence-corrected chi connectivity index (χ0v) is 17.9. The molecule has 0 spiro atoms. The number of benzene rings is 3. The molecule has 3 atom stereocenters. The number of amides is 3. The van der Waals surface area contributed by atoms with Crippen molar-refractivity contribution in [3.05, 3.63) is 95.8 Å². The Bertz CT molecular complexity index is 1170. The summed E-state index contributed by atoms with van der Waals surface area (Å²) in [4.78, 5) is 29.7. The summed E-state index contributed by atoms with van der Waals surface area (Å²) in [6, 6.07) is 21.8. The largest absolute Gasteiger partial charge is 0.394 e. The lowest BCUT2D eigenvalue weighted by Crippen LogP contribution is -2.71. The van der Waals surface area contributed by atoms with E-state index in [9.17, 15) is 19.1 Å². The van der Waals surface area contributed by atoms with Crippen LogP contribution in [-0.4, -0.2) is 47.2 Å². The number of nitrogens with zero attached hydrogens (tertiary/aromatic N) is 2. The number of aliphatic hydroxyl groups excluding tert-OH is 1. The number of nitrogens with one attached hydrogen (secondary N) is 1. The average molecular weight is 445 g/mol. The zero-order valence-electron chi connectivity index (χ0n) is 17.9. The zero-order chi connectivity index (χ0) is 22.9. The number of carbonyl (C=O) groups is 2. The first-order valence-electron chi connectivity index (χ1n) is 11.0. The number of rotatable bonds is 4. The summed E-state index contributed by atoms with van der Waals surface area (Å²) in [6.45, 7) is 0.170. The Morgan fingerprint density at radius 1 is 0.970 bits per heavy atom. The van der Waals surface area contributed by atoms with Gasteiger partial charge in [-0.2, -0.15) is 0 Å². The first-order valence-corrected chi connectivity index (χ1v) is 11.0. The molecule has 168 valence electrons. The van der Waals surface area contributed by atoms with E-state index < -0.39 is 0 Å². The van der Waals surface area contributed by atoms with Crippen LogP contribution in [0.4, 0.5) is 20.6 Å². The molecule has 0 saturated carbocycles. The average Bonchev–Trinajstić information content (AvgIpc) is 2.81. The molecule has 2 aliphatic rings. The predicted octanol–water partition coefficient (Wildman–Crippen LogP) is 3.78. The molecule has 3 aromatic rings. The number of carbonyl (C=O) groups excluding carboxylic acids is 2. The van der Waals surface area contributed by atoms with Gasteiger partial charge >= 0.3 is 6.03 Å². The summed E-state index contributed by atoms with van der Waals surface area (Å²) in [7, 11) is 0. The summed E-state index contributed by atoms with van der Waals surface area (Å²) in [5.74, 6) is -0.489. The molecule has 1 saturated heterocycles. The number of urea groups is 1. The molecule has 33 heavy (non-hydrogen) atoms. The van der Waals surface area contributed by atoms with Gasteiger partial charge in [-0.05, 0) is 41.5 Å². The van der Waals surface area contributed by atoms with Gasteiger partial charge in [0.15, 0.2) is 0 Å². The van der Waals surface area contributed by atoms with Gasteiger partial charge < -0.3 is 15.3 Å². The van der Waals surface area contributed by atoms with Crippen molar-refractivity contribution in [2.45, 2.75) is 24.4 Å². The van der Waals surface area contributed by atoms with E-state index in [1.54, 1.807) is 9.80 Å². The molecule has 0 bridgehead atoms. The Kier molecular flexibility index (Phi) is 5.56. The summed E-state index contributed by atoms with van der Waals surface area (Å²) in [6.07, 6.45) is 0.240. The molecule has 0 unspecified atom stereocenters. The van der Waals surface area contributed by atoms with Crippen LogP contribution in [0.15, 0.2) is 78.9 Å². The van der Waals surface area contributed by atoms with Gasteiger partial charge in [0.1, 0.15) is 5.82 Å². The number of para-hydroxylation sites is 1. The molecular weight excluding hydrogens is 421 g/mol. The Balaban J connectivity index is 1.42. The van der Waals surface area contributed by atoms with Gasteiger partial charge in [0.2, 0.25) is 5.91 Å². The molecule has 0 aromatic heterocycles. The van der Waals surface area contributed by atoms with Crippen LogP contribution >= 0.6 is 0 Å². The highest BCUT2D eigenvalue weighted by atomic mass is 19.1. The lowest BCUT2D eigenvalue weighted by atomic mass is 9.71. The minimum Gasteiger partial charge on any atom is -0.394 e. The SMILES string of the molecule is O=C(Nc1ccc(F)cc1)N1C[C@H]2[C@@H](c3ccccc31)[C@H](CO)N2C(=O)Cc1ccccc1. The topological polar surface area (TPSA) is 72.9 Å². The Labute approximate surface area is 191 Å². The van der Waals surface area contributed by atoms with Gasteiger partial charge in [-0.1, -0.05) is 48.5 Å². The van der Waals surface area contributed by atoms with Crippen LogP contribution in [0, 0.1) is 5.82 Å². The molecule has 7 heteroatoms. The molecule has 0 aliphatic carbocycles. The predicted molar refractivity (Wildman–Crippen MR) is 124 cm³/mol.